The lowest BCUT2D eigenvalue weighted by Crippen LogP contribution is -2.41. The minimum atomic E-state index is -1.49. The Morgan fingerprint density at radius 2 is 1.23 bits per heavy atom. The summed E-state index contributed by atoms with van der Waals surface area (Å²) in [5.41, 5.74) is 0. The van der Waals surface area contributed by atoms with Gasteiger partial charge in [-0.15, -0.1) is 34.8 Å². The molecule has 0 saturated carbocycles. The molecular weight excluding hydrogens is 320 g/mol. The van der Waals surface area contributed by atoms with Crippen molar-refractivity contribution in [1.29, 1.82) is 0 Å². The summed E-state index contributed by atoms with van der Waals surface area (Å²) in [6.07, 6.45) is 0.00590. The first-order chi connectivity index (χ1) is 5.52. The van der Waals surface area contributed by atoms with Crippen LogP contribution in [-0.2, 0) is 0 Å². The van der Waals surface area contributed by atoms with Crippen LogP contribution in [0.2, 0.25) is 0 Å². The first-order valence-electron chi connectivity index (χ1n) is 3.21. The van der Waals surface area contributed by atoms with E-state index in [1.54, 1.807) is 0 Å². The van der Waals surface area contributed by atoms with Crippen LogP contribution < -0.4 is 0 Å². The highest BCUT2D eigenvalue weighted by molar-refractivity contribution is 6.64. The van der Waals surface area contributed by atoms with Crippen molar-refractivity contribution < 1.29 is 0 Å². The molecule has 0 aliphatic heterocycles. The zero-order chi connectivity index (χ0) is 10.9. The molecule has 0 unspecified atom stereocenters. The van der Waals surface area contributed by atoms with Gasteiger partial charge in [-0.1, -0.05) is 46.4 Å². The monoisotopic (exact) mass is 324 g/mol. The molecule has 0 N–H and O–H groups in total. The number of halogens is 7. The fourth-order valence-corrected chi connectivity index (χ4v) is 2.46. The number of alkyl halides is 7. The maximum Gasteiger partial charge on any atom is 0.164 e. The molecule has 0 saturated heterocycles. The fourth-order valence-electron chi connectivity index (χ4n) is 0.617. The molecule has 7 heteroatoms. The molecule has 80 valence electrons. The Kier molecular flexibility index (Phi) is 5.67. The summed E-state index contributed by atoms with van der Waals surface area (Å²) < 4.78 is -4.08. The van der Waals surface area contributed by atoms with Crippen LogP contribution in [0.25, 0.3) is 0 Å². The molecular formula is C6H7Cl7. The Labute approximate surface area is 113 Å². The largest absolute Gasteiger partial charge is 0.164 e. The van der Waals surface area contributed by atoms with E-state index in [1.165, 1.54) is 6.92 Å². The van der Waals surface area contributed by atoms with Gasteiger partial charge in [0.05, 0.1) is 5.88 Å². The molecule has 0 atom stereocenters. The van der Waals surface area contributed by atoms with Crippen LogP contribution >= 0.6 is 81.2 Å². The Morgan fingerprint density at radius 3 is 1.46 bits per heavy atom. The van der Waals surface area contributed by atoms with Gasteiger partial charge in [0.25, 0.3) is 0 Å². The normalized spacial score (nSPS) is 14.8. The van der Waals surface area contributed by atoms with Crippen LogP contribution in [0, 0.1) is 0 Å². The SMILES string of the molecule is CC(Cl)(Cl)CC(Cl)(Cl)C(Cl)(Cl)CCl. The molecule has 0 aromatic heterocycles. The van der Waals surface area contributed by atoms with E-state index >= 15 is 0 Å². The molecule has 0 aromatic rings. The molecule has 0 rings (SSSR count). The van der Waals surface area contributed by atoms with Crippen molar-refractivity contribution in [2.24, 2.45) is 0 Å². The summed E-state index contributed by atoms with van der Waals surface area (Å²) in [4.78, 5) is 0. The van der Waals surface area contributed by atoms with E-state index in [0.29, 0.717) is 0 Å². The van der Waals surface area contributed by atoms with Crippen LogP contribution in [0.3, 0.4) is 0 Å². The van der Waals surface area contributed by atoms with Gasteiger partial charge < -0.3 is 0 Å². The maximum atomic E-state index is 5.86. The summed E-state index contributed by atoms with van der Waals surface area (Å²) in [5, 5.41) is 0. The van der Waals surface area contributed by atoms with E-state index in [2.05, 4.69) is 0 Å². The third-order valence-electron chi connectivity index (χ3n) is 1.24. The lowest BCUT2D eigenvalue weighted by Gasteiger charge is -2.34. The van der Waals surface area contributed by atoms with Gasteiger partial charge >= 0.3 is 0 Å². The smallest absolute Gasteiger partial charge is 0.123 e. The van der Waals surface area contributed by atoms with E-state index in [1.807, 2.05) is 0 Å². The van der Waals surface area contributed by atoms with E-state index < -0.39 is 13.0 Å². The van der Waals surface area contributed by atoms with Crippen molar-refractivity contribution in [2.45, 2.75) is 26.3 Å². The van der Waals surface area contributed by atoms with Gasteiger partial charge in [-0.25, -0.2) is 0 Å². The van der Waals surface area contributed by atoms with Crippen molar-refractivity contribution in [3.05, 3.63) is 0 Å². The second-order valence-corrected chi connectivity index (χ2v) is 7.89. The minimum Gasteiger partial charge on any atom is -0.123 e. The molecule has 0 heterocycles. The second kappa shape index (κ2) is 4.91. The highest BCUT2D eigenvalue weighted by Gasteiger charge is 2.49. The predicted octanol–water partition coefficient (Wildman–Crippen LogP) is 5.16. The van der Waals surface area contributed by atoms with Gasteiger partial charge in [0, 0.05) is 6.42 Å². The molecule has 0 aromatic carbocycles. The average Bonchev–Trinajstić information content (AvgIpc) is 1.81. The molecule has 0 aliphatic rings. The first kappa shape index (κ1) is 15.0. The van der Waals surface area contributed by atoms with Gasteiger partial charge in [0.1, 0.15) is 4.33 Å². The lowest BCUT2D eigenvalue weighted by atomic mass is 10.2. The quantitative estimate of drug-likeness (QED) is 0.626. The third kappa shape index (κ3) is 5.06. The highest BCUT2D eigenvalue weighted by Crippen LogP contribution is 2.49. The van der Waals surface area contributed by atoms with Crippen molar-refractivity contribution in [3.8, 4) is 0 Å². The van der Waals surface area contributed by atoms with Gasteiger partial charge in [-0.2, -0.15) is 0 Å². The molecule has 0 fully saturated rings. The van der Waals surface area contributed by atoms with Crippen molar-refractivity contribution >= 4 is 81.2 Å². The third-order valence-corrected chi connectivity index (χ3v) is 4.39. The summed E-state index contributed by atoms with van der Waals surface area (Å²) in [5.74, 6) is -0.118. The molecule has 0 aliphatic carbocycles. The summed E-state index contributed by atoms with van der Waals surface area (Å²) in [7, 11) is 0. The molecule has 0 spiro atoms. The minimum absolute atomic E-state index is 0.00590. The molecule has 0 bridgehead atoms. The Morgan fingerprint density at radius 1 is 0.846 bits per heavy atom. The Bertz CT molecular complexity index is 168. The predicted molar refractivity (Wildman–Crippen MR) is 64.3 cm³/mol. The number of hydrogen-bond donors (Lipinski definition) is 0. The molecule has 13 heavy (non-hydrogen) atoms. The van der Waals surface area contributed by atoms with Crippen LogP contribution in [0.15, 0.2) is 0 Å². The van der Waals surface area contributed by atoms with Crippen LogP contribution in [0.5, 0.6) is 0 Å². The van der Waals surface area contributed by atoms with Gasteiger partial charge in [0.15, 0.2) is 8.67 Å². The van der Waals surface area contributed by atoms with Gasteiger partial charge in [0.2, 0.25) is 0 Å². The van der Waals surface area contributed by atoms with E-state index in [0.717, 1.165) is 0 Å². The zero-order valence-corrected chi connectivity index (χ0v) is 11.9. The molecule has 0 amide bonds. The standard InChI is InChI=1S/C6H7Cl7/c1-4(8,9)2-5(10,11)6(12,13)3-7/h2-3H2,1H3. The Balaban J connectivity index is 4.58. The van der Waals surface area contributed by atoms with Crippen molar-refractivity contribution in [3.63, 3.8) is 0 Å². The van der Waals surface area contributed by atoms with Gasteiger partial charge in [-0.05, 0) is 6.92 Å². The first-order valence-corrected chi connectivity index (χ1v) is 6.01. The van der Waals surface area contributed by atoms with Crippen LogP contribution in [0.4, 0.5) is 0 Å². The van der Waals surface area contributed by atoms with Crippen LogP contribution in [0.1, 0.15) is 13.3 Å². The zero-order valence-electron chi connectivity index (χ0n) is 6.56. The van der Waals surface area contributed by atoms with Crippen LogP contribution in [-0.4, -0.2) is 18.9 Å². The van der Waals surface area contributed by atoms with E-state index in [-0.39, 0.29) is 12.3 Å². The average molecular weight is 327 g/mol. The van der Waals surface area contributed by atoms with Gasteiger partial charge in [-0.3, -0.25) is 0 Å². The van der Waals surface area contributed by atoms with E-state index in [9.17, 15) is 0 Å². The lowest BCUT2D eigenvalue weighted by molar-refractivity contribution is 0.608. The number of rotatable bonds is 4. The Hall–Kier alpha value is 2.03. The molecule has 0 radical (unpaired) electrons. The van der Waals surface area contributed by atoms with Crippen molar-refractivity contribution in [1.82, 2.24) is 0 Å². The maximum absolute atomic E-state index is 5.86. The van der Waals surface area contributed by atoms with E-state index in [4.69, 9.17) is 81.2 Å². The summed E-state index contributed by atoms with van der Waals surface area (Å²) in [6, 6.07) is 0. The number of hydrogen-bond acceptors (Lipinski definition) is 0. The summed E-state index contributed by atoms with van der Waals surface area (Å²) in [6.45, 7) is 1.54. The van der Waals surface area contributed by atoms with Crippen molar-refractivity contribution in [2.75, 3.05) is 5.88 Å². The second-order valence-electron chi connectivity index (χ2n) is 2.79. The highest BCUT2D eigenvalue weighted by atomic mass is 35.5. The topological polar surface area (TPSA) is 0 Å². The molecule has 0 nitrogen and oxygen atoms in total. The summed E-state index contributed by atoms with van der Waals surface area (Å²) >= 11 is 40.2. The fraction of sp³-hybridized carbons (Fsp3) is 1.00.